The summed E-state index contributed by atoms with van der Waals surface area (Å²) in [5, 5.41) is 20.0. The quantitative estimate of drug-likeness (QED) is 0.791. The van der Waals surface area contributed by atoms with Crippen molar-refractivity contribution in [2.24, 2.45) is 0 Å². The zero-order chi connectivity index (χ0) is 18.9. The Morgan fingerprint density at radius 2 is 1.92 bits per heavy atom. The van der Waals surface area contributed by atoms with Crippen LogP contribution in [0.1, 0.15) is 48.2 Å². The number of hydrogen-bond acceptors (Lipinski definition) is 5. The van der Waals surface area contributed by atoms with Gasteiger partial charge in [0.15, 0.2) is 5.78 Å². The molecule has 0 bridgehead atoms. The number of phenolic OH excluding ortho intramolecular Hbond substituents is 2. The van der Waals surface area contributed by atoms with E-state index in [0.717, 1.165) is 12.0 Å². The molecular weight excluding hydrogens is 332 g/mol. The summed E-state index contributed by atoms with van der Waals surface area (Å²) >= 11 is 0. The Kier molecular flexibility index (Phi) is 4.81. The molecule has 0 amide bonds. The SMILES string of the molecule is COc1cc2c(c(O)c1C(=O)CCc1ccc(O)cc1)CCC(C)(C)O2. The Hall–Kier alpha value is -2.69. The van der Waals surface area contributed by atoms with Gasteiger partial charge < -0.3 is 19.7 Å². The first-order valence-electron chi connectivity index (χ1n) is 8.73. The van der Waals surface area contributed by atoms with E-state index in [0.29, 0.717) is 29.9 Å². The molecule has 0 unspecified atom stereocenters. The van der Waals surface area contributed by atoms with Crippen LogP contribution in [-0.4, -0.2) is 28.7 Å². The highest BCUT2D eigenvalue weighted by Gasteiger charge is 2.32. The second kappa shape index (κ2) is 6.90. The number of ketones is 1. The van der Waals surface area contributed by atoms with E-state index in [1.807, 2.05) is 13.8 Å². The molecule has 2 aromatic rings. The Morgan fingerprint density at radius 1 is 1.23 bits per heavy atom. The number of ether oxygens (including phenoxy) is 2. The molecule has 0 aliphatic carbocycles. The molecule has 0 saturated heterocycles. The van der Waals surface area contributed by atoms with Gasteiger partial charge in [0.05, 0.1) is 7.11 Å². The van der Waals surface area contributed by atoms with Gasteiger partial charge in [-0.3, -0.25) is 4.79 Å². The molecule has 5 nitrogen and oxygen atoms in total. The van der Waals surface area contributed by atoms with Crippen molar-refractivity contribution in [3.05, 3.63) is 47.0 Å². The van der Waals surface area contributed by atoms with Crippen molar-refractivity contribution in [1.29, 1.82) is 0 Å². The maximum atomic E-state index is 12.8. The predicted molar refractivity (Wildman–Crippen MR) is 98.4 cm³/mol. The third kappa shape index (κ3) is 3.62. The zero-order valence-electron chi connectivity index (χ0n) is 15.3. The molecule has 0 saturated carbocycles. The lowest BCUT2D eigenvalue weighted by atomic mass is 9.90. The molecule has 1 heterocycles. The second-order valence-electron chi connectivity index (χ2n) is 7.23. The fourth-order valence-corrected chi connectivity index (χ4v) is 3.25. The predicted octanol–water partition coefficient (Wildman–Crippen LogP) is 4.03. The smallest absolute Gasteiger partial charge is 0.170 e. The summed E-state index contributed by atoms with van der Waals surface area (Å²) in [6, 6.07) is 8.44. The lowest BCUT2D eigenvalue weighted by molar-refractivity contribution is 0.0830. The number of aromatic hydroxyl groups is 2. The first kappa shape index (κ1) is 18.1. The van der Waals surface area contributed by atoms with Crippen molar-refractivity contribution in [2.75, 3.05) is 7.11 Å². The van der Waals surface area contributed by atoms with Crippen LogP contribution in [0.25, 0.3) is 0 Å². The molecule has 1 aliphatic heterocycles. The molecule has 0 spiro atoms. The van der Waals surface area contributed by atoms with Crippen molar-refractivity contribution in [3.63, 3.8) is 0 Å². The van der Waals surface area contributed by atoms with Crippen LogP contribution in [0.3, 0.4) is 0 Å². The van der Waals surface area contributed by atoms with Gasteiger partial charge in [-0.25, -0.2) is 0 Å². The Bertz CT molecular complexity index is 821. The minimum absolute atomic E-state index is 0.0365. The summed E-state index contributed by atoms with van der Waals surface area (Å²) in [6.45, 7) is 3.99. The van der Waals surface area contributed by atoms with Gasteiger partial charge in [0.1, 0.15) is 34.2 Å². The van der Waals surface area contributed by atoms with Gasteiger partial charge in [0.25, 0.3) is 0 Å². The topological polar surface area (TPSA) is 76.0 Å². The summed E-state index contributed by atoms with van der Waals surface area (Å²) in [5.41, 5.74) is 1.51. The van der Waals surface area contributed by atoms with E-state index < -0.39 is 0 Å². The van der Waals surface area contributed by atoms with Crippen LogP contribution in [0.15, 0.2) is 30.3 Å². The van der Waals surface area contributed by atoms with E-state index in [1.54, 1.807) is 30.3 Å². The zero-order valence-corrected chi connectivity index (χ0v) is 15.3. The number of methoxy groups -OCH3 is 1. The maximum Gasteiger partial charge on any atom is 0.170 e. The van der Waals surface area contributed by atoms with Gasteiger partial charge in [-0.1, -0.05) is 12.1 Å². The van der Waals surface area contributed by atoms with Crippen molar-refractivity contribution < 1.29 is 24.5 Å². The molecule has 0 radical (unpaired) electrons. The number of carbonyl (C=O) groups excluding carboxylic acids is 1. The average Bonchev–Trinajstić information content (AvgIpc) is 2.59. The molecule has 5 heteroatoms. The molecule has 2 N–H and O–H groups in total. The monoisotopic (exact) mass is 356 g/mol. The van der Waals surface area contributed by atoms with Crippen molar-refractivity contribution in [1.82, 2.24) is 0 Å². The molecule has 26 heavy (non-hydrogen) atoms. The van der Waals surface area contributed by atoms with Crippen LogP contribution in [0, 0.1) is 0 Å². The third-order valence-corrected chi connectivity index (χ3v) is 4.77. The summed E-state index contributed by atoms with van der Waals surface area (Å²) in [4.78, 5) is 12.8. The van der Waals surface area contributed by atoms with E-state index in [1.165, 1.54) is 7.11 Å². The van der Waals surface area contributed by atoms with Crippen molar-refractivity contribution in [2.45, 2.75) is 45.1 Å². The highest BCUT2D eigenvalue weighted by Crippen LogP contribution is 2.44. The van der Waals surface area contributed by atoms with Gasteiger partial charge in [0, 0.05) is 18.1 Å². The van der Waals surface area contributed by atoms with E-state index in [-0.39, 0.29) is 34.9 Å². The Labute approximate surface area is 153 Å². The molecule has 3 rings (SSSR count). The first-order valence-corrected chi connectivity index (χ1v) is 8.73. The summed E-state index contributed by atoms with van der Waals surface area (Å²) in [6.07, 6.45) is 2.17. The van der Waals surface area contributed by atoms with Gasteiger partial charge in [-0.15, -0.1) is 0 Å². The molecule has 0 atom stereocenters. The van der Waals surface area contributed by atoms with Crippen LogP contribution < -0.4 is 9.47 Å². The molecule has 0 aromatic heterocycles. The average molecular weight is 356 g/mol. The largest absolute Gasteiger partial charge is 0.508 e. The highest BCUT2D eigenvalue weighted by atomic mass is 16.5. The van der Waals surface area contributed by atoms with E-state index in [9.17, 15) is 15.0 Å². The van der Waals surface area contributed by atoms with Crippen LogP contribution in [0.5, 0.6) is 23.0 Å². The van der Waals surface area contributed by atoms with Gasteiger partial charge >= 0.3 is 0 Å². The minimum Gasteiger partial charge on any atom is -0.508 e. The number of hydrogen-bond donors (Lipinski definition) is 2. The molecular formula is C21H24O5. The lowest BCUT2D eigenvalue weighted by Gasteiger charge is -2.33. The number of phenols is 2. The molecule has 138 valence electrons. The second-order valence-corrected chi connectivity index (χ2v) is 7.23. The fraction of sp³-hybridized carbons (Fsp3) is 0.381. The van der Waals surface area contributed by atoms with Crippen molar-refractivity contribution in [3.8, 4) is 23.0 Å². The van der Waals surface area contributed by atoms with Gasteiger partial charge in [0.2, 0.25) is 0 Å². The van der Waals surface area contributed by atoms with E-state index >= 15 is 0 Å². The number of benzene rings is 2. The minimum atomic E-state index is -0.311. The fourth-order valence-electron chi connectivity index (χ4n) is 3.25. The Balaban J connectivity index is 1.86. The molecule has 1 aliphatic rings. The van der Waals surface area contributed by atoms with Crippen LogP contribution in [0.2, 0.25) is 0 Å². The maximum absolute atomic E-state index is 12.8. The number of rotatable bonds is 5. The summed E-state index contributed by atoms with van der Waals surface area (Å²) in [7, 11) is 1.48. The number of Topliss-reactive ketones (excluding diaryl/α,β-unsaturated/α-hetero) is 1. The number of aryl methyl sites for hydroxylation is 1. The van der Waals surface area contributed by atoms with E-state index in [4.69, 9.17) is 9.47 Å². The van der Waals surface area contributed by atoms with Gasteiger partial charge in [-0.05, 0) is 50.8 Å². The van der Waals surface area contributed by atoms with E-state index in [2.05, 4.69) is 0 Å². The third-order valence-electron chi connectivity index (χ3n) is 4.77. The van der Waals surface area contributed by atoms with Gasteiger partial charge in [-0.2, -0.15) is 0 Å². The van der Waals surface area contributed by atoms with Crippen molar-refractivity contribution >= 4 is 5.78 Å². The molecule has 2 aromatic carbocycles. The van der Waals surface area contributed by atoms with Crippen LogP contribution in [-0.2, 0) is 12.8 Å². The first-order chi connectivity index (χ1) is 12.3. The summed E-state index contributed by atoms with van der Waals surface area (Å²) < 4.78 is 11.3. The molecule has 0 fully saturated rings. The summed E-state index contributed by atoms with van der Waals surface area (Å²) in [5.74, 6) is 0.878. The van der Waals surface area contributed by atoms with Crippen LogP contribution >= 0.6 is 0 Å². The Morgan fingerprint density at radius 3 is 2.58 bits per heavy atom. The van der Waals surface area contributed by atoms with Crippen LogP contribution in [0.4, 0.5) is 0 Å². The lowest BCUT2D eigenvalue weighted by Crippen LogP contribution is -2.32. The normalized spacial score (nSPS) is 15.0. The highest BCUT2D eigenvalue weighted by molar-refractivity contribution is 6.02. The standard InChI is InChI=1S/C21H24O5/c1-21(2)11-10-15-17(26-21)12-18(25-3)19(20(15)24)16(23)9-6-13-4-7-14(22)8-5-13/h4-5,7-8,12,22,24H,6,9-11H2,1-3H3. The number of fused-ring (bicyclic) bond motifs is 1. The number of carbonyl (C=O) groups is 1.